The van der Waals surface area contributed by atoms with Crippen LogP contribution in [0.3, 0.4) is 0 Å². The summed E-state index contributed by atoms with van der Waals surface area (Å²) in [5.74, 6) is -0.606. The summed E-state index contributed by atoms with van der Waals surface area (Å²) >= 11 is 6.21. The summed E-state index contributed by atoms with van der Waals surface area (Å²) in [6.07, 6.45) is 3.70. The first-order chi connectivity index (χ1) is 13.0. The third kappa shape index (κ3) is 5.01. The number of benzene rings is 2. The molecule has 140 valence electrons. The van der Waals surface area contributed by atoms with Gasteiger partial charge in [-0.05, 0) is 48.0 Å². The van der Waals surface area contributed by atoms with Crippen LogP contribution in [-0.4, -0.2) is 36.2 Å². The van der Waals surface area contributed by atoms with Gasteiger partial charge in [-0.25, -0.2) is 4.79 Å². The molecule has 6 nitrogen and oxygen atoms in total. The van der Waals surface area contributed by atoms with E-state index in [1.165, 1.54) is 0 Å². The Morgan fingerprint density at radius 2 is 1.89 bits per heavy atom. The van der Waals surface area contributed by atoms with Crippen LogP contribution in [0, 0.1) is 0 Å². The second-order valence-electron chi connectivity index (χ2n) is 5.95. The van der Waals surface area contributed by atoms with E-state index in [1.807, 2.05) is 0 Å². The second-order valence-corrected chi connectivity index (χ2v) is 6.36. The number of carbonyl (C=O) groups is 2. The number of carbonyl (C=O) groups excluding carboxylic acids is 1. The summed E-state index contributed by atoms with van der Waals surface area (Å²) in [5, 5.41) is 12.4. The van der Waals surface area contributed by atoms with Gasteiger partial charge in [0.25, 0.3) is 5.91 Å². The minimum Gasteiger partial charge on any atom is -0.490 e. The molecule has 0 spiro atoms. The zero-order chi connectivity index (χ0) is 19.2. The maximum Gasteiger partial charge on any atom is 0.326 e. The van der Waals surface area contributed by atoms with E-state index >= 15 is 0 Å². The van der Waals surface area contributed by atoms with Crippen LogP contribution in [0.1, 0.15) is 15.9 Å². The average Bonchev–Trinajstić information content (AvgIpc) is 2.65. The molecule has 7 heteroatoms. The van der Waals surface area contributed by atoms with Gasteiger partial charge in [-0.2, -0.15) is 0 Å². The molecule has 0 fully saturated rings. The predicted octanol–water partition coefficient (Wildman–Crippen LogP) is 3.09. The highest BCUT2D eigenvalue weighted by atomic mass is 35.5. The third-order valence-corrected chi connectivity index (χ3v) is 4.28. The fraction of sp³-hybridized carbons (Fsp3) is 0.200. The van der Waals surface area contributed by atoms with Gasteiger partial charge in [-0.15, -0.1) is 0 Å². The minimum absolute atomic E-state index is 0.0944. The Labute approximate surface area is 161 Å². The SMILES string of the molecule is O=C1N[C@H](C(=O)O)Cc2ccc(c(Cl)c2)OC/C=C\COc2cccc1c2. The lowest BCUT2D eigenvalue weighted by Crippen LogP contribution is -2.42. The van der Waals surface area contributed by atoms with Gasteiger partial charge in [0.1, 0.15) is 30.8 Å². The van der Waals surface area contributed by atoms with Gasteiger partial charge >= 0.3 is 5.97 Å². The van der Waals surface area contributed by atoms with Gasteiger partial charge in [0, 0.05) is 12.0 Å². The summed E-state index contributed by atoms with van der Waals surface area (Å²) in [5.41, 5.74) is 1.00. The Bertz CT molecular complexity index is 880. The second kappa shape index (κ2) is 8.60. The number of fused-ring (bicyclic) bond motifs is 9. The lowest BCUT2D eigenvalue weighted by Gasteiger charge is -2.16. The van der Waals surface area contributed by atoms with E-state index in [-0.39, 0.29) is 6.42 Å². The van der Waals surface area contributed by atoms with Gasteiger partial charge in [-0.3, -0.25) is 4.79 Å². The highest BCUT2D eigenvalue weighted by Gasteiger charge is 2.22. The molecule has 2 heterocycles. The number of halogens is 1. The molecular formula is C20H18ClNO5. The molecular weight excluding hydrogens is 370 g/mol. The van der Waals surface area contributed by atoms with Gasteiger partial charge in [0.05, 0.1) is 5.02 Å². The first kappa shape index (κ1) is 18.8. The van der Waals surface area contributed by atoms with Crippen LogP contribution >= 0.6 is 11.6 Å². The predicted molar refractivity (Wildman–Crippen MR) is 101 cm³/mol. The Hall–Kier alpha value is -2.99. The average molecular weight is 388 g/mol. The Balaban J connectivity index is 1.91. The standard InChI is InChI=1S/C20H18ClNO5/c21-16-10-13-6-7-18(16)27-9-2-1-8-26-15-5-3-4-14(12-15)19(23)22-17(11-13)20(24)25/h1-7,10,12,17H,8-9,11H2,(H,22,23)(H,24,25)/b2-1-/t17-/m0/s1. The fourth-order valence-electron chi connectivity index (χ4n) is 2.61. The Morgan fingerprint density at radius 3 is 2.63 bits per heavy atom. The third-order valence-electron chi connectivity index (χ3n) is 3.98. The molecule has 27 heavy (non-hydrogen) atoms. The minimum atomic E-state index is -1.13. The van der Waals surface area contributed by atoms with Crippen LogP contribution in [0.5, 0.6) is 11.5 Å². The highest BCUT2D eigenvalue weighted by molar-refractivity contribution is 6.32. The first-order valence-corrected chi connectivity index (χ1v) is 8.73. The van der Waals surface area contributed by atoms with Crippen LogP contribution in [0.2, 0.25) is 5.02 Å². The van der Waals surface area contributed by atoms with Crippen molar-refractivity contribution in [1.82, 2.24) is 5.32 Å². The number of ether oxygens (including phenoxy) is 2. The van der Waals surface area contributed by atoms with Crippen molar-refractivity contribution in [2.75, 3.05) is 13.2 Å². The lowest BCUT2D eigenvalue weighted by molar-refractivity contribution is -0.139. The van der Waals surface area contributed by atoms with E-state index < -0.39 is 17.9 Å². The van der Waals surface area contributed by atoms with Crippen molar-refractivity contribution in [1.29, 1.82) is 0 Å². The molecule has 2 aromatic carbocycles. The van der Waals surface area contributed by atoms with Gasteiger partial charge in [-0.1, -0.05) is 23.7 Å². The number of aliphatic carboxylic acids is 1. The molecule has 0 unspecified atom stereocenters. The van der Waals surface area contributed by atoms with Gasteiger partial charge in [0.2, 0.25) is 0 Å². The highest BCUT2D eigenvalue weighted by Crippen LogP contribution is 2.26. The van der Waals surface area contributed by atoms with Crippen LogP contribution in [0.25, 0.3) is 0 Å². The van der Waals surface area contributed by atoms with E-state index in [1.54, 1.807) is 54.6 Å². The molecule has 0 aromatic heterocycles. The Kier molecular flexibility index (Phi) is 5.98. The number of carboxylic acids is 1. The molecule has 4 rings (SSSR count). The van der Waals surface area contributed by atoms with Crippen LogP contribution in [-0.2, 0) is 11.2 Å². The molecule has 2 aromatic rings. The summed E-state index contributed by atoms with van der Waals surface area (Å²) in [6.45, 7) is 0.624. The smallest absolute Gasteiger partial charge is 0.326 e. The van der Waals surface area contributed by atoms with Gasteiger partial charge < -0.3 is 19.9 Å². The van der Waals surface area contributed by atoms with E-state index in [9.17, 15) is 14.7 Å². The van der Waals surface area contributed by atoms with Crippen molar-refractivity contribution < 1.29 is 24.2 Å². The lowest BCUT2D eigenvalue weighted by atomic mass is 10.0. The number of nitrogens with one attached hydrogen (secondary N) is 1. The first-order valence-electron chi connectivity index (χ1n) is 8.35. The topological polar surface area (TPSA) is 84.9 Å². The maximum atomic E-state index is 12.5. The van der Waals surface area contributed by atoms with E-state index in [0.717, 1.165) is 0 Å². The number of rotatable bonds is 1. The van der Waals surface area contributed by atoms with Crippen molar-refractivity contribution in [3.8, 4) is 11.5 Å². The number of amides is 1. The van der Waals surface area contributed by atoms with Crippen molar-refractivity contribution in [2.45, 2.75) is 12.5 Å². The molecule has 0 saturated carbocycles. The molecule has 0 radical (unpaired) electrons. The summed E-state index contributed by atoms with van der Waals surface area (Å²) in [6, 6.07) is 10.5. The molecule has 1 amide bonds. The van der Waals surface area contributed by atoms with Crippen molar-refractivity contribution >= 4 is 23.5 Å². The molecule has 1 atom stereocenters. The van der Waals surface area contributed by atoms with E-state index in [0.29, 0.717) is 40.9 Å². The fourth-order valence-corrected chi connectivity index (χ4v) is 2.87. The molecule has 2 aliphatic rings. The van der Waals surface area contributed by atoms with Crippen LogP contribution in [0.15, 0.2) is 54.6 Å². The molecule has 0 saturated heterocycles. The quantitative estimate of drug-likeness (QED) is 0.734. The summed E-state index contributed by atoms with van der Waals surface area (Å²) in [4.78, 5) is 24.1. The molecule has 2 N–H and O–H groups in total. The monoisotopic (exact) mass is 387 g/mol. The van der Waals surface area contributed by atoms with E-state index in [4.69, 9.17) is 21.1 Å². The normalized spacial score (nSPS) is 18.6. The number of hydrogen-bond donors (Lipinski definition) is 2. The largest absolute Gasteiger partial charge is 0.490 e. The van der Waals surface area contributed by atoms with Crippen LogP contribution < -0.4 is 14.8 Å². The zero-order valence-electron chi connectivity index (χ0n) is 14.4. The molecule has 4 bridgehead atoms. The maximum absolute atomic E-state index is 12.5. The molecule has 2 aliphatic heterocycles. The van der Waals surface area contributed by atoms with E-state index in [2.05, 4.69) is 5.32 Å². The van der Waals surface area contributed by atoms with Crippen molar-refractivity contribution in [3.63, 3.8) is 0 Å². The molecule has 0 aliphatic carbocycles. The zero-order valence-corrected chi connectivity index (χ0v) is 15.1. The van der Waals surface area contributed by atoms with Crippen molar-refractivity contribution in [3.05, 3.63) is 70.8 Å². The summed E-state index contributed by atoms with van der Waals surface area (Å²) < 4.78 is 11.2. The Morgan fingerprint density at radius 1 is 1.11 bits per heavy atom. The number of hydrogen-bond acceptors (Lipinski definition) is 4. The summed E-state index contributed by atoms with van der Waals surface area (Å²) in [7, 11) is 0. The van der Waals surface area contributed by atoms with Crippen LogP contribution in [0.4, 0.5) is 0 Å². The number of carboxylic acid groups (broad SMARTS) is 1. The van der Waals surface area contributed by atoms with Crippen molar-refractivity contribution in [2.24, 2.45) is 0 Å². The van der Waals surface area contributed by atoms with Gasteiger partial charge in [0.15, 0.2) is 0 Å².